The normalized spacial score (nSPS) is 12.4. The summed E-state index contributed by atoms with van der Waals surface area (Å²) >= 11 is 0. The predicted octanol–water partition coefficient (Wildman–Crippen LogP) is 2.00. The minimum atomic E-state index is -0.611. The van der Waals surface area contributed by atoms with Crippen LogP contribution in [0.15, 0.2) is 30.5 Å². The standard InChI is InChI=1S/C14H16F2N4/c1-8-4-5-19-14(17)13(8)12(20-18)6-9-2-3-10(15)7-11(9)16/h2-5,7,12,20H,6,18H2,1H3,(H2,17,19). The second-order valence-corrected chi connectivity index (χ2v) is 4.59. The van der Waals surface area contributed by atoms with E-state index in [-0.39, 0.29) is 6.42 Å². The first-order valence-corrected chi connectivity index (χ1v) is 6.14. The lowest BCUT2D eigenvalue weighted by atomic mass is 9.96. The molecule has 1 heterocycles. The van der Waals surface area contributed by atoms with Crippen molar-refractivity contribution in [1.82, 2.24) is 10.4 Å². The van der Waals surface area contributed by atoms with Crippen LogP contribution in [0.1, 0.15) is 22.7 Å². The lowest BCUT2D eigenvalue weighted by molar-refractivity contribution is 0.520. The smallest absolute Gasteiger partial charge is 0.129 e. The Morgan fingerprint density at radius 1 is 1.30 bits per heavy atom. The number of hydrogen-bond donors (Lipinski definition) is 3. The summed E-state index contributed by atoms with van der Waals surface area (Å²) in [7, 11) is 0. The predicted molar refractivity (Wildman–Crippen MR) is 73.5 cm³/mol. The van der Waals surface area contributed by atoms with E-state index in [1.54, 1.807) is 12.3 Å². The van der Waals surface area contributed by atoms with Crippen LogP contribution in [0.5, 0.6) is 0 Å². The zero-order valence-corrected chi connectivity index (χ0v) is 11.0. The van der Waals surface area contributed by atoms with E-state index in [9.17, 15) is 8.78 Å². The Morgan fingerprint density at radius 2 is 2.05 bits per heavy atom. The number of nitrogens with zero attached hydrogens (tertiary/aromatic N) is 1. The van der Waals surface area contributed by atoms with Crippen molar-refractivity contribution in [2.75, 3.05) is 5.73 Å². The average Bonchev–Trinajstić information content (AvgIpc) is 2.39. The van der Waals surface area contributed by atoms with Crippen molar-refractivity contribution in [3.05, 3.63) is 58.8 Å². The van der Waals surface area contributed by atoms with Gasteiger partial charge in [-0.05, 0) is 36.6 Å². The van der Waals surface area contributed by atoms with E-state index in [1.807, 2.05) is 6.92 Å². The number of hydrazine groups is 1. The Bertz CT molecular complexity index is 596. The van der Waals surface area contributed by atoms with Gasteiger partial charge in [-0.2, -0.15) is 0 Å². The number of aryl methyl sites for hydroxylation is 1. The van der Waals surface area contributed by atoms with Gasteiger partial charge in [-0.1, -0.05) is 6.07 Å². The van der Waals surface area contributed by atoms with Gasteiger partial charge < -0.3 is 5.73 Å². The summed E-state index contributed by atoms with van der Waals surface area (Å²) in [5.41, 5.74) is 10.4. The molecule has 2 rings (SSSR count). The summed E-state index contributed by atoms with van der Waals surface area (Å²) in [4.78, 5) is 4.02. The second kappa shape index (κ2) is 5.94. The van der Waals surface area contributed by atoms with Gasteiger partial charge in [0.25, 0.3) is 0 Å². The monoisotopic (exact) mass is 278 g/mol. The van der Waals surface area contributed by atoms with Crippen molar-refractivity contribution in [1.29, 1.82) is 0 Å². The van der Waals surface area contributed by atoms with Gasteiger partial charge in [0.1, 0.15) is 17.5 Å². The maximum atomic E-state index is 13.7. The number of halogens is 2. The van der Waals surface area contributed by atoms with Crippen LogP contribution < -0.4 is 17.0 Å². The molecule has 1 atom stereocenters. The summed E-state index contributed by atoms with van der Waals surface area (Å²) in [5.74, 6) is 4.67. The van der Waals surface area contributed by atoms with Crippen molar-refractivity contribution in [3.63, 3.8) is 0 Å². The molecule has 0 saturated heterocycles. The van der Waals surface area contributed by atoms with Crippen LogP contribution in [-0.4, -0.2) is 4.98 Å². The Labute approximate surface area is 115 Å². The summed E-state index contributed by atoms with van der Waals surface area (Å²) in [6.45, 7) is 1.87. The van der Waals surface area contributed by atoms with Crippen LogP contribution in [-0.2, 0) is 6.42 Å². The summed E-state index contributed by atoms with van der Waals surface area (Å²) in [6.07, 6.45) is 1.85. The molecule has 6 heteroatoms. The van der Waals surface area contributed by atoms with Gasteiger partial charge in [-0.15, -0.1) is 0 Å². The topological polar surface area (TPSA) is 77.0 Å². The first-order chi connectivity index (χ1) is 9.52. The van der Waals surface area contributed by atoms with Crippen molar-refractivity contribution in [2.45, 2.75) is 19.4 Å². The van der Waals surface area contributed by atoms with E-state index in [0.717, 1.165) is 17.2 Å². The molecule has 0 radical (unpaired) electrons. The fraction of sp³-hybridized carbons (Fsp3) is 0.214. The molecule has 0 aliphatic carbocycles. The maximum absolute atomic E-state index is 13.7. The van der Waals surface area contributed by atoms with Crippen LogP contribution in [0.2, 0.25) is 0 Å². The third kappa shape index (κ3) is 2.92. The first kappa shape index (κ1) is 14.4. The SMILES string of the molecule is Cc1ccnc(N)c1C(Cc1ccc(F)cc1F)NN. The van der Waals surface area contributed by atoms with Gasteiger partial charge in [-0.3, -0.25) is 11.3 Å². The molecule has 1 aromatic carbocycles. The molecule has 20 heavy (non-hydrogen) atoms. The largest absolute Gasteiger partial charge is 0.383 e. The first-order valence-electron chi connectivity index (χ1n) is 6.14. The van der Waals surface area contributed by atoms with Crippen molar-refractivity contribution < 1.29 is 8.78 Å². The highest BCUT2D eigenvalue weighted by Crippen LogP contribution is 2.26. The number of anilines is 1. The quantitative estimate of drug-likeness (QED) is 0.590. The van der Waals surface area contributed by atoms with Crippen molar-refractivity contribution in [3.8, 4) is 0 Å². The Kier molecular flexibility index (Phi) is 4.26. The summed E-state index contributed by atoms with van der Waals surface area (Å²) < 4.78 is 26.6. The molecule has 0 fully saturated rings. The van der Waals surface area contributed by atoms with E-state index in [4.69, 9.17) is 11.6 Å². The van der Waals surface area contributed by atoms with Crippen LogP contribution in [0.4, 0.5) is 14.6 Å². The van der Waals surface area contributed by atoms with E-state index < -0.39 is 17.7 Å². The average molecular weight is 278 g/mol. The molecule has 0 aliphatic rings. The molecule has 0 bridgehead atoms. The van der Waals surface area contributed by atoms with Gasteiger partial charge in [0.2, 0.25) is 0 Å². The lowest BCUT2D eigenvalue weighted by Crippen LogP contribution is -2.31. The fourth-order valence-electron chi connectivity index (χ4n) is 2.20. The number of pyridine rings is 1. The number of aromatic nitrogens is 1. The molecule has 106 valence electrons. The fourth-order valence-corrected chi connectivity index (χ4v) is 2.20. The van der Waals surface area contributed by atoms with Gasteiger partial charge in [0.15, 0.2) is 0 Å². The lowest BCUT2D eigenvalue weighted by Gasteiger charge is -2.20. The molecule has 2 aromatic rings. The van der Waals surface area contributed by atoms with Gasteiger partial charge >= 0.3 is 0 Å². The molecule has 0 spiro atoms. The second-order valence-electron chi connectivity index (χ2n) is 4.59. The van der Waals surface area contributed by atoms with Crippen LogP contribution in [0.3, 0.4) is 0 Å². The zero-order valence-electron chi connectivity index (χ0n) is 11.0. The molecular weight excluding hydrogens is 262 g/mol. The summed E-state index contributed by atoms with van der Waals surface area (Å²) in [6, 6.07) is 4.87. The Balaban J connectivity index is 2.34. The Hall–Kier alpha value is -2.05. The van der Waals surface area contributed by atoms with Crippen LogP contribution >= 0.6 is 0 Å². The number of nitrogens with two attached hydrogens (primary N) is 2. The molecule has 0 aliphatic heterocycles. The van der Waals surface area contributed by atoms with E-state index in [0.29, 0.717) is 11.4 Å². The molecule has 0 saturated carbocycles. The van der Waals surface area contributed by atoms with E-state index in [1.165, 1.54) is 12.1 Å². The third-order valence-corrected chi connectivity index (χ3v) is 3.23. The van der Waals surface area contributed by atoms with Crippen molar-refractivity contribution >= 4 is 5.82 Å². The maximum Gasteiger partial charge on any atom is 0.129 e. The minimum Gasteiger partial charge on any atom is -0.383 e. The van der Waals surface area contributed by atoms with E-state index >= 15 is 0 Å². The van der Waals surface area contributed by atoms with Crippen LogP contribution in [0.25, 0.3) is 0 Å². The molecule has 1 unspecified atom stereocenters. The number of nitrogen functional groups attached to an aromatic ring is 1. The molecule has 4 nitrogen and oxygen atoms in total. The van der Waals surface area contributed by atoms with Crippen molar-refractivity contribution in [2.24, 2.45) is 5.84 Å². The highest BCUT2D eigenvalue weighted by atomic mass is 19.1. The van der Waals surface area contributed by atoms with Crippen LogP contribution in [0, 0.1) is 18.6 Å². The van der Waals surface area contributed by atoms with Gasteiger partial charge in [0, 0.05) is 17.8 Å². The molecule has 0 amide bonds. The highest BCUT2D eigenvalue weighted by molar-refractivity contribution is 5.46. The highest BCUT2D eigenvalue weighted by Gasteiger charge is 2.18. The zero-order chi connectivity index (χ0) is 14.7. The number of benzene rings is 1. The van der Waals surface area contributed by atoms with Gasteiger partial charge in [0.05, 0.1) is 6.04 Å². The van der Waals surface area contributed by atoms with E-state index in [2.05, 4.69) is 10.4 Å². The number of rotatable bonds is 4. The van der Waals surface area contributed by atoms with Gasteiger partial charge in [-0.25, -0.2) is 13.8 Å². The minimum absolute atomic E-state index is 0.249. The third-order valence-electron chi connectivity index (χ3n) is 3.23. The number of hydrogen-bond acceptors (Lipinski definition) is 4. The Morgan fingerprint density at radius 3 is 2.65 bits per heavy atom. The molecule has 5 N–H and O–H groups in total. The summed E-state index contributed by atoms with van der Waals surface area (Å²) in [5, 5.41) is 0. The molecular formula is C14H16F2N4. The molecule has 1 aromatic heterocycles. The number of nitrogens with one attached hydrogen (secondary N) is 1.